The number of hydrogen-bond donors (Lipinski definition) is 4. The lowest BCUT2D eigenvalue weighted by atomic mass is 10.3. The minimum Gasteiger partial charge on any atom is -0.331 e. The molecule has 0 radical (unpaired) electrons. The fourth-order valence-corrected chi connectivity index (χ4v) is 3.26. The highest BCUT2D eigenvalue weighted by molar-refractivity contribution is 7.89. The van der Waals surface area contributed by atoms with Gasteiger partial charge in [-0.1, -0.05) is 0 Å². The number of benzene rings is 2. The topological polar surface area (TPSA) is 99.3 Å². The van der Waals surface area contributed by atoms with Crippen molar-refractivity contribution in [2.24, 2.45) is 0 Å². The van der Waals surface area contributed by atoms with E-state index in [1.165, 1.54) is 31.2 Å². The van der Waals surface area contributed by atoms with Crippen LogP contribution in [0.25, 0.3) is 0 Å². The number of nitrogens with one attached hydrogen (secondary N) is 4. The summed E-state index contributed by atoms with van der Waals surface area (Å²) in [6.45, 7) is 1.33. The SMILES string of the molecule is C[C@H](NS(=O)(=O)c1ccc(F)cc1)C(=O)NNC(=S)Nc1ccc(F)cc1. The molecule has 0 heterocycles. The molecule has 11 heteroatoms. The molecule has 0 saturated heterocycles. The third-order valence-electron chi connectivity index (χ3n) is 3.25. The molecule has 0 aliphatic rings. The molecule has 0 spiro atoms. The number of anilines is 1. The predicted molar refractivity (Wildman–Crippen MR) is 100 cm³/mol. The summed E-state index contributed by atoms with van der Waals surface area (Å²) in [6.07, 6.45) is 0. The standard InChI is InChI=1S/C16H16F2N4O3S2/c1-10(22-27(24,25)14-8-4-12(18)5-9-14)15(23)20-21-16(26)19-13-6-2-11(17)3-7-13/h2-10,22H,1H3,(H,20,23)(H2,19,21,26)/t10-/m0/s1. The summed E-state index contributed by atoms with van der Waals surface area (Å²) in [5.74, 6) is -1.69. The number of hydrogen-bond acceptors (Lipinski definition) is 4. The Morgan fingerprint density at radius 1 is 0.963 bits per heavy atom. The Bertz CT molecular complexity index is 920. The van der Waals surface area contributed by atoms with Crippen LogP contribution >= 0.6 is 12.2 Å². The van der Waals surface area contributed by atoms with Gasteiger partial charge in [-0.2, -0.15) is 4.72 Å². The fraction of sp³-hybridized carbons (Fsp3) is 0.125. The number of carbonyl (C=O) groups excluding carboxylic acids is 1. The normalized spacial score (nSPS) is 12.1. The van der Waals surface area contributed by atoms with E-state index in [-0.39, 0.29) is 10.0 Å². The van der Waals surface area contributed by atoms with Crippen LogP contribution in [0.1, 0.15) is 6.92 Å². The van der Waals surface area contributed by atoms with Crippen molar-refractivity contribution in [3.63, 3.8) is 0 Å². The van der Waals surface area contributed by atoms with Crippen molar-refractivity contribution < 1.29 is 22.0 Å². The monoisotopic (exact) mass is 414 g/mol. The molecule has 0 aliphatic heterocycles. The molecule has 0 aliphatic carbocycles. The molecule has 2 aromatic rings. The molecule has 2 aromatic carbocycles. The van der Waals surface area contributed by atoms with Crippen molar-refractivity contribution in [3.8, 4) is 0 Å². The van der Waals surface area contributed by atoms with E-state index in [0.29, 0.717) is 5.69 Å². The number of hydrazine groups is 1. The van der Waals surface area contributed by atoms with Crippen LogP contribution in [0.5, 0.6) is 0 Å². The zero-order valence-electron chi connectivity index (χ0n) is 14.0. The van der Waals surface area contributed by atoms with Gasteiger partial charge in [-0.25, -0.2) is 17.2 Å². The Balaban J connectivity index is 1.86. The fourth-order valence-electron chi connectivity index (χ4n) is 1.89. The van der Waals surface area contributed by atoms with Crippen molar-refractivity contribution in [3.05, 3.63) is 60.2 Å². The van der Waals surface area contributed by atoms with E-state index in [4.69, 9.17) is 12.2 Å². The van der Waals surface area contributed by atoms with Crippen LogP contribution < -0.4 is 20.9 Å². The Hall–Kier alpha value is -2.63. The van der Waals surface area contributed by atoms with Crippen LogP contribution in [0.15, 0.2) is 53.4 Å². The van der Waals surface area contributed by atoms with Gasteiger partial charge in [0.05, 0.1) is 10.9 Å². The van der Waals surface area contributed by atoms with Crippen molar-refractivity contribution in [1.29, 1.82) is 0 Å². The molecule has 2 rings (SSSR count). The number of sulfonamides is 1. The van der Waals surface area contributed by atoms with Gasteiger partial charge < -0.3 is 5.32 Å². The largest absolute Gasteiger partial charge is 0.331 e. The van der Waals surface area contributed by atoms with E-state index in [1.807, 2.05) is 0 Å². The van der Waals surface area contributed by atoms with Gasteiger partial charge in [0, 0.05) is 5.69 Å². The molecule has 0 fully saturated rings. The van der Waals surface area contributed by atoms with E-state index in [1.54, 1.807) is 0 Å². The van der Waals surface area contributed by atoms with Gasteiger partial charge in [0.1, 0.15) is 11.6 Å². The van der Waals surface area contributed by atoms with Gasteiger partial charge in [-0.05, 0) is 67.7 Å². The van der Waals surface area contributed by atoms with Crippen molar-refractivity contribution in [2.75, 3.05) is 5.32 Å². The summed E-state index contributed by atoms with van der Waals surface area (Å²) in [5, 5.41) is 2.72. The number of thiocarbonyl (C=S) groups is 1. The molecule has 4 N–H and O–H groups in total. The lowest BCUT2D eigenvalue weighted by Crippen LogP contribution is -2.51. The summed E-state index contributed by atoms with van der Waals surface area (Å²) >= 11 is 4.97. The smallest absolute Gasteiger partial charge is 0.256 e. The maximum Gasteiger partial charge on any atom is 0.256 e. The van der Waals surface area contributed by atoms with Crippen molar-refractivity contribution >= 4 is 38.9 Å². The highest BCUT2D eigenvalue weighted by Gasteiger charge is 2.22. The van der Waals surface area contributed by atoms with Gasteiger partial charge in [-0.3, -0.25) is 15.6 Å². The van der Waals surface area contributed by atoms with Crippen LogP contribution in [0.2, 0.25) is 0 Å². The van der Waals surface area contributed by atoms with E-state index in [2.05, 4.69) is 20.9 Å². The second-order valence-electron chi connectivity index (χ2n) is 5.37. The minimum absolute atomic E-state index is 0.0172. The van der Waals surface area contributed by atoms with Crippen molar-refractivity contribution in [2.45, 2.75) is 17.9 Å². The molecule has 0 aromatic heterocycles. The summed E-state index contributed by atoms with van der Waals surface area (Å²) in [7, 11) is -4.00. The van der Waals surface area contributed by atoms with Crippen LogP contribution in [0.4, 0.5) is 14.5 Å². The first-order chi connectivity index (χ1) is 12.7. The molecule has 1 atom stereocenters. The maximum absolute atomic E-state index is 12.9. The summed E-state index contributed by atoms with van der Waals surface area (Å²) in [5.41, 5.74) is 5.14. The first kappa shape index (κ1) is 20.7. The Kier molecular flexibility index (Phi) is 6.77. The maximum atomic E-state index is 12.9. The highest BCUT2D eigenvalue weighted by atomic mass is 32.2. The van der Waals surface area contributed by atoms with Crippen LogP contribution in [0, 0.1) is 11.6 Å². The minimum atomic E-state index is -4.00. The van der Waals surface area contributed by atoms with Crippen LogP contribution in [-0.2, 0) is 14.8 Å². The summed E-state index contributed by atoms with van der Waals surface area (Å²) < 4.78 is 52.2. The molecule has 0 unspecified atom stereocenters. The van der Waals surface area contributed by atoms with E-state index >= 15 is 0 Å². The number of halogens is 2. The quantitative estimate of drug-likeness (QED) is 0.439. The van der Waals surface area contributed by atoms with Gasteiger partial charge in [0.25, 0.3) is 5.91 Å². The van der Waals surface area contributed by atoms with Gasteiger partial charge in [0.2, 0.25) is 10.0 Å². The lowest BCUT2D eigenvalue weighted by Gasteiger charge is -2.16. The van der Waals surface area contributed by atoms with Gasteiger partial charge in [-0.15, -0.1) is 0 Å². The number of carbonyl (C=O) groups is 1. The molecule has 0 bridgehead atoms. The summed E-state index contributed by atoms with van der Waals surface area (Å²) in [4.78, 5) is 11.8. The van der Waals surface area contributed by atoms with Crippen LogP contribution in [-0.4, -0.2) is 25.5 Å². The second-order valence-corrected chi connectivity index (χ2v) is 7.49. The zero-order chi connectivity index (χ0) is 20.0. The second kappa shape index (κ2) is 8.84. The molecule has 144 valence electrons. The van der Waals surface area contributed by atoms with Gasteiger partial charge >= 0.3 is 0 Å². The average molecular weight is 414 g/mol. The van der Waals surface area contributed by atoms with E-state index in [0.717, 1.165) is 24.3 Å². The number of amides is 1. The predicted octanol–water partition coefficient (Wildman–Crippen LogP) is 1.65. The third-order valence-corrected chi connectivity index (χ3v) is 5.01. The molecule has 7 nitrogen and oxygen atoms in total. The van der Waals surface area contributed by atoms with Crippen molar-refractivity contribution in [1.82, 2.24) is 15.6 Å². The first-order valence-corrected chi connectivity index (χ1v) is 9.47. The average Bonchev–Trinajstić information content (AvgIpc) is 2.61. The van der Waals surface area contributed by atoms with Gasteiger partial charge in [0.15, 0.2) is 5.11 Å². The van der Waals surface area contributed by atoms with Crippen LogP contribution in [0.3, 0.4) is 0 Å². The molecule has 27 heavy (non-hydrogen) atoms. The Labute approximate surface area is 160 Å². The lowest BCUT2D eigenvalue weighted by molar-refractivity contribution is -0.122. The third kappa shape index (κ3) is 6.24. The zero-order valence-corrected chi connectivity index (χ0v) is 15.6. The molecule has 0 saturated carbocycles. The molecular weight excluding hydrogens is 398 g/mol. The Morgan fingerprint density at radius 2 is 1.48 bits per heavy atom. The van der Waals surface area contributed by atoms with E-state index < -0.39 is 33.6 Å². The Morgan fingerprint density at radius 3 is 2.04 bits per heavy atom. The highest BCUT2D eigenvalue weighted by Crippen LogP contribution is 2.10. The molecule has 1 amide bonds. The van der Waals surface area contributed by atoms with E-state index in [9.17, 15) is 22.0 Å². The number of rotatable bonds is 5. The first-order valence-electron chi connectivity index (χ1n) is 7.58. The summed E-state index contributed by atoms with van der Waals surface area (Å²) in [6, 6.07) is 8.40. The molecular formula is C16H16F2N4O3S2.